The van der Waals surface area contributed by atoms with Crippen LogP contribution in [0.25, 0.3) is 0 Å². The van der Waals surface area contributed by atoms with E-state index >= 15 is 0 Å². The minimum Gasteiger partial charge on any atom is -0.494 e. The lowest BCUT2D eigenvalue weighted by Crippen LogP contribution is -2.08. The number of carbonyl (C=O) groups excluding carboxylic acids is 1. The van der Waals surface area contributed by atoms with Crippen LogP contribution in [0.15, 0.2) is 78.9 Å². The van der Waals surface area contributed by atoms with Crippen LogP contribution in [0.5, 0.6) is 11.5 Å². The Labute approximate surface area is 185 Å². The second-order valence-electron chi connectivity index (χ2n) is 7.32. The maximum absolute atomic E-state index is 12.2. The van der Waals surface area contributed by atoms with Gasteiger partial charge in [-0.3, -0.25) is 0 Å². The third-order valence-corrected chi connectivity index (χ3v) is 4.80. The van der Waals surface area contributed by atoms with E-state index in [-0.39, 0.29) is 5.97 Å². The molecule has 0 unspecified atom stereocenters. The predicted molar refractivity (Wildman–Crippen MR) is 125 cm³/mol. The highest BCUT2D eigenvalue weighted by atomic mass is 16.5. The van der Waals surface area contributed by atoms with E-state index in [4.69, 9.17) is 9.47 Å². The molecule has 0 saturated heterocycles. The second-order valence-corrected chi connectivity index (χ2v) is 7.32. The van der Waals surface area contributed by atoms with Gasteiger partial charge < -0.3 is 9.47 Å². The van der Waals surface area contributed by atoms with Crippen LogP contribution in [0.3, 0.4) is 0 Å². The van der Waals surface area contributed by atoms with Crippen molar-refractivity contribution >= 4 is 5.97 Å². The van der Waals surface area contributed by atoms with Crippen molar-refractivity contribution in [2.45, 2.75) is 39.0 Å². The van der Waals surface area contributed by atoms with Crippen molar-refractivity contribution < 1.29 is 14.3 Å². The standard InChI is InChI=1S/C28H28O3/c1-2-3-4-5-9-22-30-26-20-16-24(17-21-26)13-12-23-14-18-25(19-15-23)28(29)31-27-10-7-6-8-11-27/h6-8,10-11,14-21H,2-5,9,22H2,1H3. The molecule has 0 aliphatic rings. The summed E-state index contributed by atoms with van der Waals surface area (Å²) in [5.74, 6) is 7.29. The lowest BCUT2D eigenvalue weighted by Gasteiger charge is -2.05. The average molecular weight is 413 g/mol. The Kier molecular flexibility index (Phi) is 8.76. The second kappa shape index (κ2) is 12.2. The topological polar surface area (TPSA) is 35.5 Å². The van der Waals surface area contributed by atoms with Gasteiger partial charge in [0.2, 0.25) is 0 Å². The molecule has 3 aromatic carbocycles. The lowest BCUT2D eigenvalue weighted by molar-refractivity contribution is 0.0735. The molecule has 0 bridgehead atoms. The van der Waals surface area contributed by atoms with E-state index in [0.717, 1.165) is 29.9 Å². The first-order valence-corrected chi connectivity index (χ1v) is 10.9. The van der Waals surface area contributed by atoms with Gasteiger partial charge in [-0.25, -0.2) is 4.79 Å². The summed E-state index contributed by atoms with van der Waals surface area (Å²) < 4.78 is 11.1. The quantitative estimate of drug-likeness (QED) is 0.171. The highest BCUT2D eigenvalue weighted by molar-refractivity contribution is 5.91. The van der Waals surface area contributed by atoms with Gasteiger partial charge in [0.15, 0.2) is 0 Å². The molecule has 0 fully saturated rings. The van der Waals surface area contributed by atoms with Crippen molar-refractivity contribution in [2.24, 2.45) is 0 Å². The number of ether oxygens (including phenoxy) is 2. The SMILES string of the molecule is CCCCCCCOc1ccc(C#Cc2ccc(C(=O)Oc3ccccc3)cc2)cc1. The molecule has 0 atom stereocenters. The molecule has 3 aromatic rings. The van der Waals surface area contributed by atoms with Gasteiger partial charge >= 0.3 is 5.97 Å². The van der Waals surface area contributed by atoms with Crippen LogP contribution in [0.1, 0.15) is 60.5 Å². The van der Waals surface area contributed by atoms with Crippen molar-refractivity contribution in [3.8, 4) is 23.3 Å². The highest BCUT2D eigenvalue weighted by Gasteiger charge is 2.07. The summed E-state index contributed by atoms with van der Waals surface area (Å²) in [4.78, 5) is 12.2. The first kappa shape index (κ1) is 22.2. The molecule has 0 aliphatic heterocycles. The maximum Gasteiger partial charge on any atom is 0.343 e. The Morgan fingerprint density at radius 3 is 1.97 bits per heavy atom. The predicted octanol–water partition coefficient (Wildman–Crippen LogP) is 6.65. The van der Waals surface area contributed by atoms with Crippen molar-refractivity contribution in [3.63, 3.8) is 0 Å². The Hall–Kier alpha value is -3.51. The van der Waals surface area contributed by atoms with Gasteiger partial charge in [-0.2, -0.15) is 0 Å². The summed E-state index contributed by atoms with van der Waals surface area (Å²) in [6.07, 6.45) is 6.16. The van der Waals surface area contributed by atoms with Crippen LogP contribution in [0, 0.1) is 11.8 Å². The molecule has 0 saturated carbocycles. The fourth-order valence-corrected chi connectivity index (χ4v) is 3.02. The summed E-state index contributed by atoms with van der Waals surface area (Å²) in [6, 6.07) is 24.0. The fraction of sp³-hybridized carbons (Fsp3) is 0.250. The molecule has 0 aliphatic carbocycles. The van der Waals surface area contributed by atoms with Gasteiger partial charge in [0.05, 0.1) is 12.2 Å². The van der Waals surface area contributed by atoms with E-state index in [2.05, 4.69) is 18.8 Å². The molecule has 0 spiro atoms. The zero-order valence-electron chi connectivity index (χ0n) is 18.0. The first-order chi connectivity index (χ1) is 15.2. The number of unbranched alkanes of at least 4 members (excludes halogenated alkanes) is 4. The summed E-state index contributed by atoms with van der Waals surface area (Å²) in [5.41, 5.74) is 2.25. The zero-order valence-corrected chi connectivity index (χ0v) is 18.0. The number of rotatable bonds is 9. The van der Waals surface area contributed by atoms with E-state index in [1.807, 2.05) is 54.6 Å². The Morgan fingerprint density at radius 1 is 0.710 bits per heavy atom. The zero-order chi connectivity index (χ0) is 21.7. The lowest BCUT2D eigenvalue weighted by atomic mass is 10.1. The minimum absolute atomic E-state index is 0.383. The fourth-order valence-electron chi connectivity index (χ4n) is 3.02. The van der Waals surface area contributed by atoms with Crippen molar-refractivity contribution in [1.82, 2.24) is 0 Å². The van der Waals surface area contributed by atoms with Crippen LogP contribution in [-0.2, 0) is 0 Å². The van der Waals surface area contributed by atoms with Gasteiger partial charge in [-0.15, -0.1) is 0 Å². The van der Waals surface area contributed by atoms with E-state index < -0.39 is 0 Å². The number of para-hydroxylation sites is 1. The summed E-state index contributed by atoms with van der Waals surface area (Å²) in [6.45, 7) is 2.98. The van der Waals surface area contributed by atoms with Crippen LogP contribution in [0.2, 0.25) is 0 Å². The van der Waals surface area contributed by atoms with Crippen LogP contribution in [-0.4, -0.2) is 12.6 Å². The first-order valence-electron chi connectivity index (χ1n) is 10.9. The molecule has 0 N–H and O–H groups in total. The van der Waals surface area contributed by atoms with Crippen molar-refractivity contribution in [2.75, 3.05) is 6.61 Å². The smallest absolute Gasteiger partial charge is 0.343 e. The summed E-state index contributed by atoms with van der Waals surface area (Å²) in [7, 11) is 0. The van der Waals surface area contributed by atoms with Gasteiger partial charge in [0.1, 0.15) is 11.5 Å². The maximum atomic E-state index is 12.2. The number of esters is 1. The molecular weight excluding hydrogens is 384 g/mol. The van der Waals surface area contributed by atoms with Crippen LogP contribution < -0.4 is 9.47 Å². The van der Waals surface area contributed by atoms with Gasteiger partial charge in [-0.1, -0.05) is 62.6 Å². The minimum atomic E-state index is -0.383. The normalized spacial score (nSPS) is 10.1. The van der Waals surface area contributed by atoms with E-state index in [1.54, 1.807) is 24.3 Å². The van der Waals surface area contributed by atoms with Crippen LogP contribution in [0.4, 0.5) is 0 Å². The molecule has 158 valence electrons. The van der Waals surface area contributed by atoms with Crippen LogP contribution >= 0.6 is 0 Å². The largest absolute Gasteiger partial charge is 0.494 e. The Bertz CT molecular complexity index is 994. The van der Waals surface area contributed by atoms with E-state index in [9.17, 15) is 4.79 Å². The number of carbonyl (C=O) groups is 1. The molecule has 0 heterocycles. The molecule has 3 rings (SSSR count). The molecule has 31 heavy (non-hydrogen) atoms. The molecule has 0 radical (unpaired) electrons. The third kappa shape index (κ3) is 7.68. The summed E-state index contributed by atoms with van der Waals surface area (Å²) in [5, 5.41) is 0. The Balaban J connectivity index is 1.49. The molecule has 0 amide bonds. The van der Waals surface area contributed by atoms with Gasteiger partial charge in [0.25, 0.3) is 0 Å². The number of hydrogen-bond acceptors (Lipinski definition) is 3. The van der Waals surface area contributed by atoms with E-state index in [0.29, 0.717) is 11.3 Å². The monoisotopic (exact) mass is 412 g/mol. The number of hydrogen-bond donors (Lipinski definition) is 0. The molecule has 3 heteroatoms. The molecule has 0 aromatic heterocycles. The highest BCUT2D eigenvalue weighted by Crippen LogP contribution is 2.14. The summed E-state index contributed by atoms with van der Waals surface area (Å²) >= 11 is 0. The molecule has 3 nitrogen and oxygen atoms in total. The third-order valence-electron chi connectivity index (χ3n) is 4.80. The molecular formula is C28H28O3. The van der Waals surface area contributed by atoms with Crippen molar-refractivity contribution in [3.05, 3.63) is 95.6 Å². The van der Waals surface area contributed by atoms with Gasteiger partial charge in [-0.05, 0) is 67.1 Å². The average Bonchev–Trinajstić information content (AvgIpc) is 2.82. The van der Waals surface area contributed by atoms with Crippen molar-refractivity contribution in [1.29, 1.82) is 0 Å². The number of benzene rings is 3. The Morgan fingerprint density at radius 2 is 1.32 bits per heavy atom. The van der Waals surface area contributed by atoms with Gasteiger partial charge in [0, 0.05) is 11.1 Å². The van der Waals surface area contributed by atoms with E-state index in [1.165, 1.54) is 25.7 Å².